The van der Waals surface area contributed by atoms with Crippen LogP contribution in [0.5, 0.6) is 0 Å². The lowest BCUT2D eigenvalue weighted by molar-refractivity contribution is -0.0819. The molecule has 0 amide bonds. The minimum atomic E-state index is -3.11. The van der Waals surface area contributed by atoms with Crippen LogP contribution in [-0.4, -0.2) is 40.1 Å². The number of nitrogens with one attached hydrogen (secondary N) is 1. The van der Waals surface area contributed by atoms with E-state index in [2.05, 4.69) is 4.98 Å². The summed E-state index contributed by atoms with van der Waals surface area (Å²) in [4.78, 5) is 4.82. The first kappa shape index (κ1) is 14.4. The lowest BCUT2D eigenvalue weighted by atomic mass is 9.97. The van der Waals surface area contributed by atoms with Gasteiger partial charge in [0.2, 0.25) is 0 Å². The van der Waals surface area contributed by atoms with Crippen LogP contribution in [0.3, 0.4) is 0 Å². The van der Waals surface area contributed by atoms with E-state index in [1.54, 1.807) is 11.0 Å². The van der Waals surface area contributed by atoms with Gasteiger partial charge in [-0.05, 0) is 37.1 Å². The number of aliphatic hydroxyl groups excluding tert-OH is 1. The number of halogens is 3. The second kappa shape index (κ2) is 5.03. The maximum absolute atomic E-state index is 13.4. The largest absolute Gasteiger partial charge is 0.390 e. The van der Waals surface area contributed by atoms with Crippen molar-refractivity contribution >= 4 is 10.9 Å². The normalized spacial score (nSPS) is 20.0. The average Bonchev–Trinajstić information content (AvgIpc) is 2.76. The highest BCUT2D eigenvalue weighted by atomic mass is 19.3. The Kier molecular flexibility index (Phi) is 3.45. The van der Waals surface area contributed by atoms with Gasteiger partial charge < -0.3 is 10.1 Å². The van der Waals surface area contributed by atoms with Crippen LogP contribution in [0.2, 0.25) is 0 Å². The van der Waals surface area contributed by atoms with Gasteiger partial charge in [-0.15, -0.1) is 0 Å². The Labute approximate surface area is 120 Å². The lowest BCUT2D eigenvalue weighted by Gasteiger charge is -2.35. The maximum atomic E-state index is 13.4. The summed E-state index contributed by atoms with van der Waals surface area (Å²) >= 11 is 0. The van der Waals surface area contributed by atoms with Crippen LogP contribution in [0.1, 0.15) is 18.2 Å². The Morgan fingerprint density at radius 2 is 2.19 bits per heavy atom. The third-order valence-corrected chi connectivity index (χ3v) is 4.11. The van der Waals surface area contributed by atoms with Gasteiger partial charge in [0, 0.05) is 29.2 Å². The summed E-state index contributed by atoms with van der Waals surface area (Å²) < 4.78 is 40.2. The van der Waals surface area contributed by atoms with Gasteiger partial charge in [-0.2, -0.15) is 0 Å². The van der Waals surface area contributed by atoms with E-state index in [1.165, 1.54) is 12.1 Å². The van der Waals surface area contributed by atoms with E-state index in [4.69, 9.17) is 5.11 Å². The molecule has 0 bridgehead atoms. The minimum Gasteiger partial charge on any atom is -0.390 e. The first-order valence-electron chi connectivity index (χ1n) is 6.91. The third kappa shape index (κ3) is 2.65. The average molecular weight is 298 g/mol. The number of aromatic nitrogens is 1. The molecule has 114 valence electrons. The van der Waals surface area contributed by atoms with Gasteiger partial charge in [-0.3, -0.25) is 4.90 Å². The fraction of sp³-hybridized carbons (Fsp3) is 0.467. The molecule has 0 aliphatic carbocycles. The molecule has 1 atom stereocenters. The zero-order chi connectivity index (χ0) is 15.2. The van der Waals surface area contributed by atoms with Crippen molar-refractivity contribution in [2.45, 2.75) is 31.9 Å². The monoisotopic (exact) mass is 298 g/mol. The molecule has 0 saturated heterocycles. The van der Waals surface area contributed by atoms with Crippen LogP contribution >= 0.6 is 0 Å². The molecule has 21 heavy (non-hydrogen) atoms. The summed E-state index contributed by atoms with van der Waals surface area (Å²) in [5, 5.41) is 9.55. The van der Waals surface area contributed by atoms with Gasteiger partial charge in [-0.25, -0.2) is 13.2 Å². The molecular weight excluding hydrogens is 281 g/mol. The van der Waals surface area contributed by atoms with Crippen molar-refractivity contribution in [2.24, 2.45) is 0 Å². The van der Waals surface area contributed by atoms with Crippen LogP contribution in [-0.2, 0) is 13.0 Å². The number of fused-ring (bicyclic) bond motifs is 3. The minimum absolute atomic E-state index is 0.0859. The summed E-state index contributed by atoms with van der Waals surface area (Å²) in [6.07, 6.45) is 0.584. The fourth-order valence-corrected chi connectivity index (χ4v) is 2.99. The van der Waals surface area contributed by atoms with E-state index >= 15 is 0 Å². The van der Waals surface area contributed by atoms with E-state index in [1.807, 2.05) is 6.92 Å². The number of nitrogens with zero attached hydrogens (tertiary/aromatic N) is 1. The van der Waals surface area contributed by atoms with E-state index in [0.717, 1.165) is 22.2 Å². The Morgan fingerprint density at radius 1 is 1.43 bits per heavy atom. The molecule has 0 fully saturated rings. The van der Waals surface area contributed by atoms with E-state index in [-0.39, 0.29) is 11.9 Å². The number of hydrogen-bond donors (Lipinski definition) is 2. The number of benzene rings is 1. The SMILES string of the molecule is CC1Cc2c([nH]c3ccc(F)cc23)CN1CC(F)(F)CO. The van der Waals surface area contributed by atoms with Crippen LogP contribution in [0.4, 0.5) is 13.2 Å². The molecule has 6 heteroatoms. The van der Waals surface area contributed by atoms with E-state index < -0.39 is 19.1 Å². The molecule has 2 heterocycles. The Morgan fingerprint density at radius 3 is 2.90 bits per heavy atom. The van der Waals surface area contributed by atoms with Crippen molar-refractivity contribution in [1.29, 1.82) is 0 Å². The Bertz CT molecular complexity index is 668. The van der Waals surface area contributed by atoms with Crippen LogP contribution in [0, 0.1) is 5.82 Å². The number of H-pyrrole nitrogens is 1. The van der Waals surface area contributed by atoms with Crippen molar-refractivity contribution in [3.8, 4) is 0 Å². The Balaban J connectivity index is 1.93. The second-order valence-corrected chi connectivity index (χ2v) is 5.74. The number of rotatable bonds is 3. The van der Waals surface area contributed by atoms with Gasteiger partial charge >= 0.3 is 0 Å². The highest BCUT2D eigenvalue weighted by Gasteiger charge is 2.35. The molecule has 1 aromatic heterocycles. The Hall–Kier alpha value is -1.53. The van der Waals surface area contributed by atoms with Gasteiger partial charge in [0.05, 0.1) is 6.54 Å². The molecule has 0 spiro atoms. The molecule has 2 N–H and O–H groups in total. The van der Waals surface area contributed by atoms with Crippen molar-refractivity contribution in [3.63, 3.8) is 0 Å². The van der Waals surface area contributed by atoms with Gasteiger partial charge in [-0.1, -0.05) is 0 Å². The van der Waals surface area contributed by atoms with Gasteiger partial charge in [0.25, 0.3) is 5.92 Å². The van der Waals surface area contributed by atoms with Crippen molar-refractivity contribution in [3.05, 3.63) is 35.3 Å². The molecule has 0 saturated carbocycles. The first-order chi connectivity index (χ1) is 9.89. The molecule has 0 radical (unpaired) electrons. The third-order valence-electron chi connectivity index (χ3n) is 4.11. The molecular formula is C15H17F3N2O. The second-order valence-electron chi connectivity index (χ2n) is 5.74. The molecule has 3 rings (SSSR count). The number of hydrogen-bond acceptors (Lipinski definition) is 2. The smallest absolute Gasteiger partial charge is 0.283 e. The van der Waals surface area contributed by atoms with Crippen molar-refractivity contribution < 1.29 is 18.3 Å². The molecule has 1 unspecified atom stereocenters. The summed E-state index contributed by atoms with van der Waals surface area (Å²) in [5.41, 5.74) is 2.67. The highest BCUT2D eigenvalue weighted by Crippen LogP contribution is 2.31. The molecule has 1 aliphatic heterocycles. The summed E-state index contributed by atoms with van der Waals surface area (Å²) in [6.45, 7) is 0.589. The molecule has 3 nitrogen and oxygen atoms in total. The summed E-state index contributed by atoms with van der Waals surface area (Å²) in [6, 6.07) is 4.44. The van der Waals surface area contributed by atoms with Crippen molar-refractivity contribution in [1.82, 2.24) is 9.88 Å². The van der Waals surface area contributed by atoms with E-state index in [9.17, 15) is 13.2 Å². The summed E-state index contributed by atoms with van der Waals surface area (Å²) in [7, 11) is 0. The first-order valence-corrected chi connectivity index (χ1v) is 6.91. The summed E-state index contributed by atoms with van der Waals surface area (Å²) in [5.74, 6) is -3.41. The van der Waals surface area contributed by atoms with Crippen molar-refractivity contribution in [2.75, 3.05) is 13.2 Å². The van der Waals surface area contributed by atoms with Crippen LogP contribution in [0.25, 0.3) is 10.9 Å². The molecule has 1 aliphatic rings. The predicted molar refractivity (Wildman–Crippen MR) is 73.9 cm³/mol. The number of alkyl halides is 2. The zero-order valence-corrected chi connectivity index (χ0v) is 11.7. The quantitative estimate of drug-likeness (QED) is 0.914. The number of aliphatic hydroxyl groups is 1. The topological polar surface area (TPSA) is 39.3 Å². The van der Waals surface area contributed by atoms with Gasteiger partial charge in [0.1, 0.15) is 12.4 Å². The fourth-order valence-electron chi connectivity index (χ4n) is 2.99. The van der Waals surface area contributed by atoms with Crippen LogP contribution in [0.15, 0.2) is 18.2 Å². The maximum Gasteiger partial charge on any atom is 0.283 e. The van der Waals surface area contributed by atoms with Crippen LogP contribution < -0.4 is 0 Å². The molecule has 2 aromatic rings. The zero-order valence-electron chi connectivity index (χ0n) is 11.7. The predicted octanol–water partition coefficient (Wildman–Crippen LogP) is 2.68. The lowest BCUT2D eigenvalue weighted by Crippen LogP contribution is -2.46. The highest BCUT2D eigenvalue weighted by molar-refractivity contribution is 5.85. The molecule has 1 aromatic carbocycles. The van der Waals surface area contributed by atoms with Gasteiger partial charge in [0.15, 0.2) is 0 Å². The van der Waals surface area contributed by atoms with E-state index in [0.29, 0.717) is 13.0 Å². The standard InChI is InChI=1S/C15H17F3N2O/c1-9-4-11-12-5-10(16)2-3-13(12)19-14(11)6-20(9)7-15(17,18)8-21/h2-3,5,9,19,21H,4,6-8H2,1H3. The number of aromatic amines is 1.